The second-order valence-electron chi connectivity index (χ2n) is 5.72. The Hall–Kier alpha value is -1.84. The molecule has 4 rings (SSSR count). The molecule has 0 unspecified atom stereocenters. The summed E-state index contributed by atoms with van der Waals surface area (Å²) in [5.41, 5.74) is 1.91. The molecule has 6 heteroatoms. The number of ether oxygens (including phenoxy) is 1. The minimum Gasteiger partial charge on any atom is -0.457 e. The SMILES string of the molecule is Br.O=C1C(=O)c2ccc(Oc3ccc(CCO)cc3)c3cccc1c23.[Pd]. The largest absolute Gasteiger partial charge is 0.457 e. The van der Waals surface area contributed by atoms with Crippen LogP contribution in [0.5, 0.6) is 11.5 Å². The number of rotatable bonds is 4. The second-order valence-corrected chi connectivity index (χ2v) is 5.72. The number of hydrogen-bond donors (Lipinski definition) is 1. The van der Waals surface area contributed by atoms with Crippen molar-refractivity contribution in [2.45, 2.75) is 6.42 Å². The molecule has 1 aliphatic carbocycles. The van der Waals surface area contributed by atoms with Gasteiger partial charge < -0.3 is 9.84 Å². The van der Waals surface area contributed by atoms with E-state index in [4.69, 9.17) is 9.84 Å². The fourth-order valence-corrected chi connectivity index (χ4v) is 3.07. The second kappa shape index (κ2) is 8.24. The van der Waals surface area contributed by atoms with Crippen molar-refractivity contribution in [3.05, 3.63) is 71.3 Å². The number of carbonyl (C=O) groups is 2. The first-order chi connectivity index (χ1) is 11.7. The summed E-state index contributed by atoms with van der Waals surface area (Å²) in [6.07, 6.45) is 0.603. The Kier molecular flexibility index (Phi) is 6.49. The van der Waals surface area contributed by atoms with E-state index >= 15 is 0 Å². The molecule has 3 aromatic rings. The van der Waals surface area contributed by atoms with Crippen molar-refractivity contribution >= 4 is 39.3 Å². The van der Waals surface area contributed by atoms with E-state index < -0.39 is 11.6 Å². The van der Waals surface area contributed by atoms with Gasteiger partial charge in [0.2, 0.25) is 11.6 Å². The number of ketones is 2. The van der Waals surface area contributed by atoms with Gasteiger partial charge in [0.1, 0.15) is 11.5 Å². The van der Waals surface area contributed by atoms with Crippen LogP contribution in [-0.2, 0) is 26.8 Å². The minimum atomic E-state index is -0.457. The van der Waals surface area contributed by atoms with Crippen LogP contribution in [0.15, 0.2) is 54.6 Å². The molecule has 0 radical (unpaired) electrons. The van der Waals surface area contributed by atoms with Crippen molar-refractivity contribution in [1.29, 1.82) is 0 Å². The molecule has 0 bridgehead atoms. The zero-order valence-electron chi connectivity index (χ0n) is 13.5. The van der Waals surface area contributed by atoms with Crippen molar-refractivity contribution < 1.29 is 39.9 Å². The Morgan fingerprint density at radius 3 is 2.15 bits per heavy atom. The fourth-order valence-electron chi connectivity index (χ4n) is 3.07. The number of aliphatic hydroxyl groups excluding tert-OH is 1. The molecule has 136 valence electrons. The molecule has 26 heavy (non-hydrogen) atoms. The molecular formula is C20H15BrO4Pd. The molecule has 0 fully saturated rings. The summed E-state index contributed by atoms with van der Waals surface area (Å²) in [7, 11) is 0. The van der Waals surface area contributed by atoms with Crippen LogP contribution >= 0.6 is 17.0 Å². The Bertz CT molecular complexity index is 963. The van der Waals surface area contributed by atoms with Crippen LogP contribution in [-0.4, -0.2) is 23.3 Å². The number of carbonyl (C=O) groups excluding carboxylic acids is 2. The number of aliphatic hydroxyl groups is 1. The number of halogens is 1. The van der Waals surface area contributed by atoms with Gasteiger partial charge in [0.15, 0.2) is 0 Å². The smallest absolute Gasteiger partial charge is 0.234 e. The van der Waals surface area contributed by atoms with E-state index in [-0.39, 0.29) is 44.0 Å². The number of benzene rings is 3. The normalized spacial score (nSPS) is 11.9. The summed E-state index contributed by atoms with van der Waals surface area (Å²) in [5.74, 6) is 0.350. The van der Waals surface area contributed by atoms with Crippen LogP contribution in [0.2, 0.25) is 0 Å². The van der Waals surface area contributed by atoms with Crippen LogP contribution in [0.1, 0.15) is 26.3 Å². The van der Waals surface area contributed by atoms with Gasteiger partial charge in [0.25, 0.3) is 0 Å². The van der Waals surface area contributed by atoms with E-state index in [1.54, 1.807) is 24.3 Å². The van der Waals surface area contributed by atoms with Crippen LogP contribution in [0.4, 0.5) is 0 Å². The minimum absolute atomic E-state index is 0. The average molecular weight is 506 g/mol. The van der Waals surface area contributed by atoms with Gasteiger partial charge in [-0.25, -0.2) is 0 Å². The van der Waals surface area contributed by atoms with E-state index in [0.717, 1.165) is 10.9 Å². The van der Waals surface area contributed by atoms with Gasteiger partial charge in [0, 0.05) is 48.9 Å². The van der Waals surface area contributed by atoms with Crippen molar-refractivity contribution in [3.63, 3.8) is 0 Å². The van der Waals surface area contributed by atoms with Gasteiger partial charge >= 0.3 is 0 Å². The fraction of sp³-hybridized carbons (Fsp3) is 0.100. The standard InChI is InChI=1S/C20H14O4.BrH.Pd/c21-11-10-12-4-6-13(7-5-12)24-17-9-8-16-18-14(17)2-1-3-15(18)19(22)20(16)23;;/h1-9,21H,10-11H2;1H;. The van der Waals surface area contributed by atoms with Crippen molar-refractivity contribution in [3.8, 4) is 11.5 Å². The van der Waals surface area contributed by atoms with Crippen molar-refractivity contribution in [2.24, 2.45) is 0 Å². The predicted molar refractivity (Wildman–Crippen MR) is 100 cm³/mol. The molecule has 0 heterocycles. The topological polar surface area (TPSA) is 63.6 Å². The molecule has 0 amide bonds. The summed E-state index contributed by atoms with van der Waals surface area (Å²) in [6, 6.07) is 16.1. The van der Waals surface area contributed by atoms with Crippen molar-refractivity contribution in [2.75, 3.05) is 6.61 Å². The first-order valence-electron chi connectivity index (χ1n) is 7.71. The summed E-state index contributed by atoms with van der Waals surface area (Å²) in [6.45, 7) is 0.108. The van der Waals surface area contributed by atoms with Crippen molar-refractivity contribution in [1.82, 2.24) is 0 Å². The maximum Gasteiger partial charge on any atom is 0.234 e. The van der Waals surface area contributed by atoms with Gasteiger partial charge in [-0.05, 0) is 36.2 Å². The van der Waals surface area contributed by atoms with E-state index in [1.165, 1.54) is 0 Å². The molecule has 1 N–H and O–H groups in total. The summed E-state index contributed by atoms with van der Waals surface area (Å²) in [5, 5.41) is 10.4. The summed E-state index contributed by atoms with van der Waals surface area (Å²) in [4.78, 5) is 24.1. The zero-order valence-corrected chi connectivity index (χ0v) is 16.8. The maximum absolute atomic E-state index is 12.0. The quantitative estimate of drug-likeness (QED) is 0.428. The third kappa shape index (κ3) is 3.38. The first kappa shape index (κ1) is 20.5. The zero-order chi connectivity index (χ0) is 16.7. The van der Waals surface area contributed by atoms with E-state index in [2.05, 4.69) is 0 Å². The van der Waals surface area contributed by atoms with Crippen LogP contribution < -0.4 is 4.74 Å². The Morgan fingerprint density at radius 1 is 0.846 bits per heavy atom. The van der Waals surface area contributed by atoms with Gasteiger partial charge in [-0.1, -0.05) is 30.3 Å². The van der Waals surface area contributed by atoms with Crippen LogP contribution in [0, 0.1) is 0 Å². The third-order valence-corrected chi connectivity index (χ3v) is 4.25. The summed E-state index contributed by atoms with van der Waals surface area (Å²) < 4.78 is 5.95. The molecule has 0 saturated carbocycles. The Labute approximate surface area is 174 Å². The molecule has 0 aromatic heterocycles. The number of hydrogen-bond acceptors (Lipinski definition) is 4. The van der Waals surface area contributed by atoms with Gasteiger partial charge in [-0.15, -0.1) is 17.0 Å². The maximum atomic E-state index is 12.0. The molecule has 4 nitrogen and oxygen atoms in total. The van der Waals surface area contributed by atoms with Crippen LogP contribution in [0.3, 0.4) is 0 Å². The first-order valence-corrected chi connectivity index (χ1v) is 7.71. The number of Topliss-reactive ketones (excluding diaryl/α,β-unsaturated/α-hetero) is 2. The van der Waals surface area contributed by atoms with Gasteiger partial charge in [0.05, 0.1) is 0 Å². The third-order valence-electron chi connectivity index (χ3n) is 4.25. The van der Waals surface area contributed by atoms with Crippen LogP contribution in [0.25, 0.3) is 10.8 Å². The summed E-state index contributed by atoms with van der Waals surface area (Å²) >= 11 is 0. The predicted octanol–water partition coefficient (Wildman–Crippen LogP) is 4.12. The molecule has 0 atom stereocenters. The molecule has 3 aromatic carbocycles. The Morgan fingerprint density at radius 2 is 1.50 bits per heavy atom. The molecular weight excluding hydrogens is 491 g/mol. The van der Waals surface area contributed by atoms with Gasteiger partial charge in [-0.3, -0.25) is 9.59 Å². The average Bonchev–Trinajstić information content (AvgIpc) is 2.86. The van der Waals surface area contributed by atoms with E-state index in [1.807, 2.05) is 30.3 Å². The van der Waals surface area contributed by atoms with E-state index in [0.29, 0.717) is 34.4 Å². The Balaban J connectivity index is 0.00000121. The molecule has 0 saturated heterocycles. The monoisotopic (exact) mass is 504 g/mol. The molecule has 1 aliphatic rings. The van der Waals surface area contributed by atoms with Gasteiger partial charge in [-0.2, -0.15) is 0 Å². The van der Waals surface area contributed by atoms with E-state index in [9.17, 15) is 9.59 Å². The molecule has 0 spiro atoms. The molecule has 0 aliphatic heterocycles.